The lowest BCUT2D eigenvalue weighted by Crippen LogP contribution is -2.42. The Morgan fingerprint density at radius 2 is 2.10 bits per heavy atom. The number of nitrogens with one attached hydrogen (secondary N) is 2. The molecule has 0 aromatic carbocycles. The number of rotatable bonds is 4. The zero-order valence-electron chi connectivity index (χ0n) is 17.0. The molecule has 0 bridgehead atoms. The third-order valence-corrected chi connectivity index (χ3v) is 5.89. The molecule has 0 spiro atoms. The number of pyridine rings is 2. The van der Waals surface area contributed by atoms with Crippen LogP contribution in [0.25, 0.3) is 22.3 Å². The molecule has 30 heavy (non-hydrogen) atoms. The highest BCUT2D eigenvalue weighted by atomic mass is 16.5. The van der Waals surface area contributed by atoms with Crippen molar-refractivity contribution in [3.63, 3.8) is 0 Å². The van der Waals surface area contributed by atoms with Gasteiger partial charge in [0.25, 0.3) is 0 Å². The van der Waals surface area contributed by atoms with Gasteiger partial charge in [-0.05, 0) is 25.0 Å². The van der Waals surface area contributed by atoms with Gasteiger partial charge in [-0.3, -0.25) is 14.9 Å². The maximum atomic E-state index is 12.6. The van der Waals surface area contributed by atoms with Crippen molar-refractivity contribution in [2.75, 3.05) is 49.7 Å². The van der Waals surface area contributed by atoms with Gasteiger partial charge in [-0.1, -0.05) is 0 Å². The maximum absolute atomic E-state index is 12.6. The first kappa shape index (κ1) is 18.8. The molecule has 2 aliphatic rings. The topological polar surface area (TPSA) is 99.3 Å². The third-order valence-electron chi connectivity index (χ3n) is 5.89. The van der Waals surface area contributed by atoms with Gasteiger partial charge in [0, 0.05) is 50.5 Å². The van der Waals surface area contributed by atoms with Crippen LogP contribution in [0.5, 0.6) is 0 Å². The molecular weight excluding hydrogens is 382 g/mol. The van der Waals surface area contributed by atoms with Crippen LogP contribution in [-0.4, -0.2) is 72.0 Å². The highest BCUT2D eigenvalue weighted by Gasteiger charge is 2.32. The molecule has 0 radical (unpaired) electrons. The van der Waals surface area contributed by atoms with Gasteiger partial charge >= 0.3 is 0 Å². The molecule has 3 aromatic heterocycles. The van der Waals surface area contributed by atoms with E-state index in [1.165, 1.54) is 0 Å². The second kappa shape index (κ2) is 7.91. The number of ether oxygens (including phenoxy) is 1. The summed E-state index contributed by atoms with van der Waals surface area (Å²) < 4.78 is 5.53. The summed E-state index contributed by atoms with van der Waals surface area (Å²) in [7, 11) is 1.70. The molecule has 156 valence electrons. The molecule has 2 saturated heterocycles. The summed E-state index contributed by atoms with van der Waals surface area (Å²) in [5.74, 6) is 0.936. The number of fused-ring (bicyclic) bond motifs is 1. The van der Waals surface area contributed by atoms with Crippen molar-refractivity contribution in [1.29, 1.82) is 0 Å². The van der Waals surface area contributed by atoms with E-state index in [1.54, 1.807) is 19.4 Å². The van der Waals surface area contributed by atoms with Crippen LogP contribution in [0, 0.1) is 0 Å². The monoisotopic (exact) mass is 407 g/mol. The van der Waals surface area contributed by atoms with Crippen LogP contribution in [0.15, 0.2) is 30.6 Å². The number of carbonyl (C=O) groups is 1. The smallest absolute Gasteiger partial charge is 0.242 e. The highest BCUT2D eigenvalue weighted by Crippen LogP contribution is 2.37. The molecule has 2 N–H and O–H groups in total. The standard InChI is InChI=1S/C21H25N7O2/c1-22-21(29)16-3-2-8-28(16)17-13-18(27-9-11-30-12-10-27)25-19-14(17)4-6-23-20(19)15-5-7-24-26-15/h4-7,13,16H,2-3,8-12H2,1H3,(H,22,29)(H,24,26)/t16-/m0/s1. The molecule has 1 amide bonds. The first-order valence-corrected chi connectivity index (χ1v) is 10.4. The first-order valence-electron chi connectivity index (χ1n) is 10.4. The van der Waals surface area contributed by atoms with Gasteiger partial charge in [-0.15, -0.1) is 0 Å². The van der Waals surface area contributed by atoms with Crippen molar-refractivity contribution in [2.24, 2.45) is 0 Å². The Kier molecular flexibility index (Phi) is 4.96. The predicted molar refractivity (Wildman–Crippen MR) is 115 cm³/mol. The average molecular weight is 407 g/mol. The molecule has 0 saturated carbocycles. The fourth-order valence-corrected chi connectivity index (χ4v) is 4.39. The van der Waals surface area contributed by atoms with Crippen molar-refractivity contribution in [1.82, 2.24) is 25.5 Å². The SMILES string of the molecule is CNC(=O)[C@@H]1CCCN1c1cc(N2CCOCC2)nc2c(-c3ccn[nH]3)nccc12. The highest BCUT2D eigenvalue weighted by molar-refractivity contribution is 6.01. The number of nitrogens with zero attached hydrogens (tertiary/aromatic N) is 5. The van der Waals surface area contributed by atoms with Crippen molar-refractivity contribution in [3.05, 3.63) is 30.6 Å². The van der Waals surface area contributed by atoms with Gasteiger partial charge in [0.05, 0.1) is 24.6 Å². The summed E-state index contributed by atoms with van der Waals surface area (Å²) in [4.78, 5) is 26.6. The van der Waals surface area contributed by atoms with Crippen molar-refractivity contribution in [3.8, 4) is 11.4 Å². The van der Waals surface area contributed by atoms with Crippen molar-refractivity contribution >= 4 is 28.3 Å². The quantitative estimate of drug-likeness (QED) is 0.677. The molecule has 0 aliphatic carbocycles. The summed E-state index contributed by atoms with van der Waals surface area (Å²) in [5, 5.41) is 10.9. The van der Waals surface area contributed by atoms with Crippen LogP contribution in [-0.2, 0) is 9.53 Å². The Labute approximate surface area is 174 Å². The molecule has 1 atom stereocenters. The fraction of sp³-hybridized carbons (Fsp3) is 0.429. The number of likely N-dealkylation sites (N-methyl/N-ethyl adjacent to an activating group) is 1. The summed E-state index contributed by atoms with van der Waals surface area (Å²) >= 11 is 0. The molecule has 0 unspecified atom stereocenters. The molecule has 9 heteroatoms. The second-order valence-electron chi connectivity index (χ2n) is 7.59. The van der Waals surface area contributed by atoms with E-state index in [0.717, 1.165) is 66.3 Å². The van der Waals surface area contributed by atoms with Crippen LogP contribution in [0.1, 0.15) is 12.8 Å². The van der Waals surface area contributed by atoms with E-state index in [1.807, 2.05) is 12.1 Å². The van der Waals surface area contributed by atoms with E-state index in [9.17, 15) is 4.79 Å². The van der Waals surface area contributed by atoms with Gasteiger partial charge in [0.15, 0.2) is 0 Å². The Morgan fingerprint density at radius 3 is 2.87 bits per heavy atom. The minimum absolute atomic E-state index is 0.0493. The van der Waals surface area contributed by atoms with E-state index < -0.39 is 0 Å². The Hall–Kier alpha value is -3.20. The van der Waals surface area contributed by atoms with E-state index in [2.05, 4.69) is 36.4 Å². The number of anilines is 2. The van der Waals surface area contributed by atoms with Crippen LogP contribution in [0.2, 0.25) is 0 Å². The Morgan fingerprint density at radius 1 is 1.23 bits per heavy atom. The summed E-state index contributed by atoms with van der Waals surface area (Å²) in [5.41, 5.74) is 3.42. The van der Waals surface area contributed by atoms with E-state index in [0.29, 0.717) is 13.2 Å². The fourth-order valence-electron chi connectivity index (χ4n) is 4.39. The zero-order valence-corrected chi connectivity index (χ0v) is 17.0. The second-order valence-corrected chi connectivity index (χ2v) is 7.59. The van der Waals surface area contributed by atoms with Crippen LogP contribution >= 0.6 is 0 Å². The third kappa shape index (κ3) is 3.24. The largest absolute Gasteiger partial charge is 0.378 e. The molecule has 2 fully saturated rings. The summed E-state index contributed by atoms with van der Waals surface area (Å²) in [6.07, 6.45) is 5.33. The number of hydrogen-bond donors (Lipinski definition) is 2. The molecule has 2 aliphatic heterocycles. The number of aromatic nitrogens is 4. The minimum atomic E-state index is -0.179. The van der Waals surface area contributed by atoms with E-state index >= 15 is 0 Å². The molecule has 5 heterocycles. The van der Waals surface area contributed by atoms with Gasteiger partial charge in [0.2, 0.25) is 5.91 Å². The average Bonchev–Trinajstić information content (AvgIpc) is 3.50. The lowest BCUT2D eigenvalue weighted by Gasteiger charge is -2.31. The van der Waals surface area contributed by atoms with Crippen LogP contribution in [0.3, 0.4) is 0 Å². The number of amides is 1. The first-order chi connectivity index (χ1) is 14.8. The molecule has 3 aromatic rings. The Bertz CT molecular complexity index is 1050. The summed E-state index contributed by atoms with van der Waals surface area (Å²) in [6, 6.07) is 5.82. The number of hydrogen-bond acceptors (Lipinski definition) is 7. The zero-order chi connectivity index (χ0) is 20.5. The van der Waals surface area contributed by atoms with Crippen molar-refractivity contribution < 1.29 is 9.53 Å². The van der Waals surface area contributed by atoms with E-state index in [4.69, 9.17) is 9.72 Å². The van der Waals surface area contributed by atoms with E-state index in [-0.39, 0.29) is 11.9 Å². The molecular formula is C21H25N7O2. The predicted octanol–water partition coefficient (Wildman–Crippen LogP) is 1.57. The van der Waals surface area contributed by atoms with Crippen molar-refractivity contribution in [2.45, 2.75) is 18.9 Å². The molecule has 9 nitrogen and oxygen atoms in total. The minimum Gasteiger partial charge on any atom is -0.378 e. The summed E-state index contributed by atoms with van der Waals surface area (Å²) in [6.45, 7) is 3.77. The lowest BCUT2D eigenvalue weighted by molar-refractivity contribution is -0.121. The Balaban J connectivity index is 1.70. The van der Waals surface area contributed by atoms with Gasteiger partial charge in [-0.25, -0.2) is 4.98 Å². The normalized spacial score (nSPS) is 19.4. The maximum Gasteiger partial charge on any atom is 0.242 e. The van der Waals surface area contributed by atoms with Gasteiger partial charge < -0.3 is 19.9 Å². The number of H-pyrrole nitrogens is 1. The molecule has 5 rings (SSSR count). The number of aromatic amines is 1. The van der Waals surface area contributed by atoms with Crippen LogP contribution < -0.4 is 15.1 Å². The van der Waals surface area contributed by atoms with Gasteiger partial charge in [0.1, 0.15) is 23.1 Å². The lowest BCUT2D eigenvalue weighted by atomic mass is 10.1. The van der Waals surface area contributed by atoms with Crippen LogP contribution in [0.4, 0.5) is 11.5 Å². The van der Waals surface area contributed by atoms with Gasteiger partial charge in [-0.2, -0.15) is 5.10 Å². The number of morpholine rings is 1. The number of carbonyl (C=O) groups excluding carboxylic acids is 1.